The minimum absolute atomic E-state index is 0.0330. The Hall–Kier alpha value is -3.54. The lowest BCUT2D eigenvalue weighted by Gasteiger charge is -2.36. The van der Waals surface area contributed by atoms with Gasteiger partial charge >= 0.3 is 0 Å². The number of anilines is 1. The van der Waals surface area contributed by atoms with Gasteiger partial charge in [-0.3, -0.25) is 4.79 Å². The molecule has 0 saturated heterocycles. The molecule has 0 bridgehead atoms. The maximum Gasteiger partial charge on any atom is 0.242 e. The molecule has 0 radical (unpaired) electrons. The molecule has 0 aliphatic carbocycles. The van der Waals surface area contributed by atoms with E-state index in [1.54, 1.807) is 4.90 Å². The second-order valence-corrected chi connectivity index (χ2v) is 9.08. The summed E-state index contributed by atoms with van der Waals surface area (Å²) in [6, 6.07) is 14.5. The fraction of sp³-hybridized carbons (Fsp3) is 0.345. The molecule has 6 heteroatoms. The van der Waals surface area contributed by atoms with E-state index in [4.69, 9.17) is 14.2 Å². The maximum atomic E-state index is 14.0. The molecule has 1 amide bonds. The van der Waals surface area contributed by atoms with Crippen LogP contribution in [0.25, 0.3) is 0 Å². The van der Waals surface area contributed by atoms with Crippen LogP contribution in [-0.4, -0.2) is 32.8 Å². The van der Waals surface area contributed by atoms with Gasteiger partial charge in [-0.25, -0.2) is 4.39 Å². The highest BCUT2D eigenvalue weighted by molar-refractivity contribution is 6.11. The number of nitrogens with zero attached hydrogens (tertiary/aromatic N) is 1. The Labute approximate surface area is 205 Å². The molecular formula is C29H30FNO4. The van der Waals surface area contributed by atoms with E-state index in [2.05, 4.69) is 13.0 Å². The van der Waals surface area contributed by atoms with Gasteiger partial charge < -0.3 is 19.1 Å². The number of hydrogen-bond donors (Lipinski definition) is 0. The van der Waals surface area contributed by atoms with Gasteiger partial charge in [0.1, 0.15) is 17.0 Å². The predicted molar refractivity (Wildman–Crippen MR) is 133 cm³/mol. The Kier molecular flexibility index (Phi) is 5.91. The molecule has 1 spiro atoms. The maximum absolute atomic E-state index is 14.0. The third kappa shape index (κ3) is 3.63. The summed E-state index contributed by atoms with van der Waals surface area (Å²) in [5.41, 5.74) is 5.08. The lowest BCUT2D eigenvalue weighted by atomic mass is 9.69. The van der Waals surface area contributed by atoms with E-state index in [1.165, 1.54) is 12.1 Å². The van der Waals surface area contributed by atoms with Crippen LogP contribution in [0.2, 0.25) is 0 Å². The molecule has 5 rings (SSSR count). The quantitative estimate of drug-likeness (QED) is 0.468. The molecule has 3 aromatic carbocycles. The molecule has 0 fully saturated rings. The third-order valence-electron chi connectivity index (χ3n) is 7.16. The SMILES string of the molecule is CCOc1cc2c(cc1OCC)C1(CCO2)C(=O)N(C)c2ccc(Cc3ccc(F)cc3)c(C)c21. The number of hydrogen-bond acceptors (Lipinski definition) is 4. The minimum atomic E-state index is -0.864. The van der Waals surface area contributed by atoms with Crippen molar-refractivity contribution in [3.8, 4) is 17.2 Å². The van der Waals surface area contributed by atoms with Gasteiger partial charge in [0.15, 0.2) is 11.5 Å². The van der Waals surface area contributed by atoms with Crippen molar-refractivity contribution in [2.75, 3.05) is 31.8 Å². The van der Waals surface area contributed by atoms with Crippen LogP contribution in [0.3, 0.4) is 0 Å². The summed E-state index contributed by atoms with van der Waals surface area (Å²) >= 11 is 0. The van der Waals surface area contributed by atoms with Crippen LogP contribution in [0.15, 0.2) is 48.5 Å². The second kappa shape index (κ2) is 8.91. The van der Waals surface area contributed by atoms with Crippen LogP contribution < -0.4 is 19.1 Å². The number of amides is 1. The van der Waals surface area contributed by atoms with E-state index >= 15 is 0 Å². The number of carbonyl (C=O) groups excluding carboxylic acids is 1. The number of rotatable bonds is 6. The number of ether oxygens (including phenoxy) is 3. The van der Waals surface area contributed by atoms with Gasteiger partial charge in [-0.15, -0.1) is 0 Å². The largest absolute Gasteiger partial charge is 0.493 e. The summed E-state index contributed by atoms with van der Waals surface area (Å²) in [7, 11) is 1.84. The van der Waals surface area contributed by atoms with Crippen molar-refractivity contribution in [3.05, 3.63) is 82.2 Å². The summed E-state index contributed by atoms with van der Waals surface area (Å²) in [6.45, 7) is 7.34. The fourth-order valence-electron chi connectivity index (χ4n) is 5.54. The van der Waals surface area contributed by atoms with Crippen molar-refractivity contribution in [1.82, 2.24) is 0 Å². The zero-order chi connectivity index (χ0) is 24.7. The van der Waals surface area contributed by atoms with Crippen molar-refractivity contribution in [3.63, 3.8) is 0 Å². The number of fused-ring (bicyclic) bond motifs is 4. The van der Waals surface area contributed by atoms with Crippen molar-refractivity contribution < 1.29 is 23.4 Å². The van der Waals surface area contributed by atoms with Gasteiger partial charge in [0.05, 0.1) is 19.8 Å². The van der Waals surface area contributed by atoms with Crippen LogP contribution >= 0.6 is 0 Å². The molecule has 3 aromatic rings. The Bertz CT molecular complexity index is 1290. The number of halogens is 1. The van der Waals surface area contributed by atoms with Gasteiger partial charge in [-0.05, 0) is 73.7 Å². The van der Waals surface area contributed by atoms with Crippen molar-refractivity contribution >= 4 is 11.6 Å². The van der Waals surface area contributed by atoms with E-state index in [1.807, 2.05) is 51.2 Å². The summed E-state index contributed by atoms with van der Waals surface area (Å²) in [5, 5.41) is 0. The Morgan fingerprint density at radius 2 is 1.71 bits per heavy atom. The molecule has 2 aliphatic rings. The van der Waals surface area contributed by atoms with Gasteiger partial charge in [0, 0.05) is 30.8 Å². The number of likely N-dealkylation sites (N-methyl/N-ethyl adjacent to an activating group) is 1. The Balaban J connectivity index is 1.69. The van der Waals surface area contributed by atoms with E-state index in [-0.39, 0.29) is 11.7 Å². The lowest BCUT2D eigenvalue weighted by Crippen LogP contribution is -2.43. The van der Waals surface area contributed by atoms with Gasteiger partial charge in [-0.1, -0.05) is 18.2 Å². The average Bonchev–Trinajstić information content (AvgIpc) is 3.06. The molecule has 0 saturated carbocycles. The third-order valence-corrected chi connectivity index (χ3v) is 7.16. The normalized spacial score (nSPS) is 18.3. The van der Waals surface area contributed by atoms with Gasteiger partial charge in [0.25, 0.3) is 0 Å². The molecule has 35 heavy (non-hydrogen) atoms. The average molecular weight is 476 g/mol. The molecule has 5 nitrogen and oxygen atoms in total. The number of carbonyl (C=O) groups is 1. The Morgan fingerprint density at radius 3 is 2.40 bits per heavy atom. The first kappa shape index (κ1) is 23.2. The van der Waals surface area contributed by atoms with Crippen molar-refractivity contribution in [1.29, 1.82) is 0 Å². The van der Waals surface area contributed by atoms with E-state index in [9.17, 15) is 9.18 Å². The molecule has 0 N–H and O–H groups in total. The summed E-state index contributed by atoms with van der Waals surface area (Å²) < 4.78 is 31.2. The van der Waals surface area contributed by atoms with Crippen LogP contribution in [0, 0.1) is 12.7 Å². The number of benzene rings is 3. The topological polar surface area (TPSA) is 48.0 Å². The Morgan fingerprint density at radius 1 is 1.03 bits per heavy atom. The van der Waals surface area contributed by atoms with E-state index < -0.39 is 5.41 Å². The fourth-order valence-corrected chi connectivity index (χ4v) is 5.54. The second-order valence-electron chi connectivity index (χ2n) is 9.08. The predicted octanol–water partition coefficient (Wildman–Crippen LogP) is 5.57. The molecule has 1 unspecified atom stereocenters. The smallest absolute Gasteiger partial charge is 0.242 e. The molecule has 2 aliphatic heterocycles. The van der Waals surface area contributed by atoms with Crippen LogP contribution in [0.4, 0.5) is 10.1 Å². The highest BCUT2D eigenvalue weighted by Gasteiger charge is 2.55. The van der Waals surface area contributed by atoms with Crippen LogP contribution in [0.1, 0.15) is 48.1 Å². The monoisotopic (exact) mass is 475 g/mol. The van der Waals surface area contributed by atoms with Gasteiger partial charge in [0.2, 0.25) is 5.91 Å². The van der Waals surface area contributed by atoms with Crippen LogP contribution in [0.5, 0.6) is 17.2 Å². The zero-order valence-corrected chi connectivity index (χ0v) is 20.6. The summed E-state index contributed by atoms with van der Waals surface area (Å²) in [5.74, 6) is 1.67. The minimum Gasteiger partial charge on any atom is -0.493 e. The lowest BCUT2D eigenvalue weighted by molar-refractivity contribution is -0.122. The first-order valence-corrected chi connectivity index (χ1v) is 12.1. The highest BCUT2D eigenvalue weighted by Crippen LogP contribution is 2.55. The summed E-state index contributed by atoms with van der Waals surface area (Å²) in [4.78, 5) is 15.8. The standard InChI is InChI=1S/C29H30FNO4/c1-5-33-25-16-22-24(17-26(25)34-6-2)35-14-13-29(22)27-18(3)20(9-12-23(27)31(4)28(29)32)15-19-7-10-21(30)11-8-19/h7-12,16-17H,5-6,13-15H2,1-4H3. The molecule has 2 heterocycles. The molecule has 182 valence electrons. The van der Waals surface area contributed by atoms with E-state index in [0.29, 0.717) is 49.9 Å². The zero-order valence-electron chi connectivity index (χ0n) is 20.6. The summed E-state index contributed by atoms with van der Waals surface area (Å²) in [6.07, 6.45) is 1.20. The first-order chi connectivity index (χ1) is 16.9. The molecular weight excluding hydrogens is 445 g/mol. The molecule has 1 atom stereocenters. The van der Waals surface area contributed by atoms with Gasteiger partial charge in [-0.2, -0.15) is 0 Å². The van der Waals surface area contributed by atoms with Crippen LogP contribution in [-0.2, 0) is 16.6 Å². The highest BCUT2D eigenvalue weighted by atomic mass is 19.1. The van der Waals surface area contributed by atoms with E-state index in [0.717, 1.165) is 33.5 Å². The van der Waals surface area contributed by atoms with Crippen molar-refractivity contribution in [2.45, 2.75) is 39.0 Å². The first-order valence-electron chi connectivity index (χ1n) is 12.1. The van der Waals surface area contributed by atoms with Crippen molar-refractivity contribution in [2.24, 2.45) is 0 Å². The molecule has 0 aromatic heterocycles.